The smallest absolute Gasteiger partial charge is 0.211 e. The summed E-state index contributed by atoms with van der Waals surface area (Å²) in [7, 11) is -7.33. The summed E-state index contributed by atoms with van der Waals surface area (Å²) < 4.78 is 55.2. The van der Waals surface area contributed by atoms with E-state index in [-0.39, 0.29) is 22.4 Å². The zero-order valence-electron chi connectivity index (χ0n) is 15.7. The molecule has 2 N–H and O–H groups in total. The minimum Gasteiger partial charge on any atom is -0.211 e. The fourth-order valence-electron chi connectivity index (χ4n) is 3.36. The van der Waals surface area contributed by atoms with E-state index in [1.807, 2.05) is 30.3 Å². The molecular formula is C20H26N2O4S2. The molecule has 6 nitrogen and oxygen atoms in total. The van der Waals surface area contributed by atoms with Crippen LogP contribution in [-0.4, -0.2) is 29.4 Å². The first kappa shape index (κ1) is 21.0. The van der Waals surface area contributed by atoms with Gasteiger partial charge in [-0.15, -0.1) is 0 Å². The summed E-state index contributed by atoms with van der Waals surface area (Å²) in [6, 6.07) is 14.9. The summed E-state index contributed by atoms with van der Waals surface area (Å²) in [5, 5.41) is 0. The summed E-state index contributed by atoms with van der Waals surface area (Å²) in [6.07, 6.45) is 5.46. The average Bonchev–Trinajstić information content (AvgIpc) is 2.69. The third-order valence-corrected chi connectivity index (χ3v) is 7.93. The summed E-state index contributed by atoms with van der Waals surface area (Å²) in [5.41, 5.74) is 1.04. The molecule has 1 fully saturated rings. The van der Waals surface area contributed by atoms with E-state index in [9.17, 15) is 16.8 Å². The summed E-state index contributed by atoms with van der Waals surface area (Å²) in [6.45, 7) is 0.273. The molecule has 2 aromatic rings. The molecule has 28 heavy (non-hydrogen) atoms. The Balaban J connectivity index is 1.62. The lowest BCUT2D eigenvalue weighted by molar-refractivity contribution is 0.412. The Kier molecular flexibility index (Phi) is 6.87. The zero-order valence-corrected chi connectivity index (χ0v) is 17.3. The molecule has 152 valence electrons. The van der Waals surface area contributed by atoms with Crippen molar-refractivity contribution >= 4 is 20.0 Å². The Labute approximate surface area is 167 Å². The van der Waals surface area contributed by atoms with Crippen molar-refractivity contribution < 1.29 is 16.8 Å². The van der Waals surface area contributed by atoms with Gasteiger partial charge in [0, 0.05) is 12.6 Å². The van der Waals surface area contributed by atoms with Crippen LogP contribution in [-0.2, 0) is 26.5 Å². The molecule has 0 aliphatic heterocycles. The molecule has 2 aromatic carbocycles. The van der Waals surface area contributed by atoms with Crippen molar-refractivity contribution in [2.24, 2.45) is 0 Å². The van der Waals surface area contributed by atoms with Crippen molar-refractivity contribution in [2.45, 2.75) is 54.4 Å². The molecule has 0 spiro atoms. The molecule has 0 unspecified atom stereocenters. The van der Waals surface area contributed by atoms with Crippen LogP contribution in [0.2, 0.25) is 0 Å². The van der Waals surface area contributed by atoms with E-state index < -0.39 is 20.0 Å². The van der Waals surface area contributed by atoms with Gasteiger partial charge in [0.25, 0.3) is 0 Å². The van der Waals surface area contributed by atoms with Gasteiger partial charge in [-0.05, 0) is 49.1 Å². The molecule has 0 aromatic heterocycles. The SMILES string of the molecule is O=S(=O)(NCCc1ccccc1)c1ccc(S(=O)(=O)NC2CCCCC2)cc1. The van der Waals surface area contributed by atoms with E-state index in [1.54, 1.807) is 0 Å². The Morgan fingerprint density at radius 2 is 1.32 bits per heavy atom. The van der Waals surface area contributed by atoms with Gasteiger partial charge >= 0.3 is 0 Å². The molecule has 1 aliphatic carbocycles. The van der Waals surface area contributed by atoms with Crippen LogP contribution in [0.4, 0.5) is 0 Å². The van der Waals surface area contributed by atoms with Crippen LogP contribution in [0.1, 0.15) is 37.7 Å². The number of sulfonamides is 2. The normalized spacial score (nSPS) is 16.1. The fourth-order valence-corrected chi connectivity index (χ4v) is 5.70. The second-order valence-electron chi connectivity index (χ2n) is 7.06. The lowest BCUT2D eigenvalue weighted by Crippen LogP contribution is -2.36. The van der Waals surface area contributed by atoms with Crippen molar-refractivity contribution in [3.8, 4) is 0 Å². The van der Waals surface area contributed by atoms with E-state index in [1.165, 1.54) is 24.3 Å². The van der Waals surface area contributed by atoms with Gasteiger partial charge in [-0.25, -0.2) is 26.3 Å². The summed E-state index contributed by atoms with van der Waals surface area (Å²) in [5.74, 6) is 0. The van der Waals surface area contributed by atoms with Crippen LogP contribution in [0.25, 0.3) is 0 Å². The van der Waals surface area contributed by atoms with Crippen LogP contribution in [0.15, 0.2) is 64.4 Å². The first-order chi connectivity index (χ1) is 13.4. The predicted molar refractivity (Wildman–Crippen MR) is 109 cm³/mol. The quantitative estimate of drug-likeness (QED) is 0.684. The van der Waals surface area contributed by atoms with Gasteiger partial charge in [0.2, 0.25) is 20.0 Å². The molecule has 0 atom stereocenters. The number of rotatable bonds is 8. The fraction of sp³-hybridized carbons (Fsp3) is 0.400. The molecule has 3 rings (SSSR count). The minimum atomic E-state index is -3.69. The highest BCUT2D eigenvalue weighted by atomic mass is 32.2. The second kappa shape index (κ2) is 9.17. The third-order valence-electron chi connectivity index (χ3n) is 4.92. The van der Waals surface area contributed by atoms with Crippen molar-refractivity contribution in [2.75, 3.05) is 6.54 Å². The lowest BCUT2D eigenvalue weighted by Gasteiger charge is -2.22. The van der Waals surface area contributed by atoms with Gasteiger partial charge < -0.3 is 0 Å². The van der Waals surface area contributed by atoms with Gasteiger partial charge in [0.1, 0.15) is 0 Å². The van der Waals surface area contributed by atoms with Crippen molar-refractivity contribution in [3.63, 3.8) is 0 Å². The molecule has 0 amide bonds. The van der Waals surface area contributed by atoms with E-state index in [2.05, 4.69) is 9.44 Å². The van der Waals surface area contributed by atoms with Gasteiger partial charge in [-0.2, -0.15) is 0 Å². The van der Waals surface area contributed by atoms with Gasteiger partial charge in [-0.3, -0.25) is 0 Å². The number of benzene rings is 2. The maximum Gasteiger partial charge on any atom is 0.240 e. The monoisotopic (exact) mass is 422 g/mol. The molecule has 0 saturated heterocycles. The molecule has 8 heteroatoms. The number of hydrogen-bond donors (Lipinski definition) is 2. The molecule has 0 radical (unpaired) electrons. The van der Waals surface area contributed by atoms with Crippen LogP contribution in [0.3, 0.4) is 0 Å². The van der Waals surface area contributed by atoms with Crippen molar-refractivity contribution in [3.05, 3.63) is 60.2 Å². The highest BCUT2D eigenvalue weighted by molar-refractivity contribution is 7.90. The molecule has 0 heterocycles. The Bertz CT molecular complexity index is 967. The van der Waals surface area contributed by atoms with Gasteiger partial charge in [0.05, 0.1) is 9.79 Å². The van der Waals surface area contributed by atoms with Gasteiger partial charge in [0.15, 0.2) is 0 Å². The largest absolute Gasteiger partial charge is 0.240 e. The molecule has 1 saturated carbocycles. The molecular weight excluding hydrogens is 396 g/mol. The lowest BCUT2D eigenvalue weighted by atomic mass is 9.96. The molecule has 1 aliphatic rings. The third kappa shape index (κ3) is 5.64. The topological polar surface area (TPSA) is 92.3 Å². The molecule has 0 bridgehead atoms. The number of nitrogens with one attached hydrogen (secondary N) is 2. The van der Waals surface area contributed by atoms with Crippen LogP contribution in [0, 0.1) is 0 Å². The first-order valence-corrected chi connectivity index (χ1v) is 12.5. The van der Waals surface area contributed by atoms with Crippen molar-refractivity contribution in [1.82, 2.24) is 9.44 Å². The zero-order chi connectivity index (χ0) is 20.0. The van der Waals surface area contributed by atoms with E-state index in [0.29, 0.717) is 6.42 Å². The van der Waals surface area contributed by atoms with Crippen LogP contribution >= 0.6 is 0 Å². The Morgan fingerprint density at radius 1 is 0.750 bits per heavy atom. The minimum absolute atomic E-state index is 0.0400. The van der Waals surface area contributed by atoms with Crippen LogP contribution < -0.4 is 9.44 Å². The standard InChI is InChI=1S/C20H26N2O4S2/c23-27(24,21-16-15-17-7-3-1-4-8-17)19-11-13-20(14-12-19)28(25,26)22-18-9-5-2-6-10-18/h1,3-4,7-8,11-14,18,21-22H,2,5-6,9-10,15-16H2. The van der Waals surface area contributed by atoms with E-state index in [0.717, 1.165) is 37.7 Å². The van der Waals surface area contributed by atoms with Crippen LogP contribution in [0.5, 0.6) is 0 Å². The summed E-state index contributed by atoms with van der Waals surface area (Å²) in [4.78, 5) is 0.137. The van der Waals surface area contributed by atoms with Gasteiger partial charge in [-0.1, -0.05) is 49.6 Å². The Morgan fingerprint density at radius 3 is 1.93 bits per heavy atom. The van der Waals surface area contributed by atoms with Crippen molar-refractivity contribution in [1.29, 1.82) is 0 Å². The highest BCUT2D eigenvalue weighted by Gasteiger charge is 2.22. The summed E-state index contributed by atoms with van der Waals surface area (Å²) >= 11 is 0. The Hall–Kier alpha value is -1.74. The maximum atomic E-state index is 12.5. The predicted octanol–water partition coefficient (Wildman–Crippen LogP) is 2.82. The maximum absolute atomic E-state index is 12.5. The number of hydrogen-bond acceptors (Lipinski definition) is 4. The average molecular weight is 423 g/mol. The van der Waals surface area contributed by atoms with E-state index in [4.69, 9.17) is 0 Å². The second-order valence-corrected chi connectivity index (χ2v) is 10.5. The first-order valence-electron chi connectivity index (χ1n) is 9.53. The highest BCUT2D eigenvalue weighted by Crippen LogP contribution is 2.20. The van der Waals surface area contributed by atoms with E-state index >= 15 is 0 Å².